The fraction of sp³-hybridized carbons (Fsp3) is 0.560. The Hall–Kier alpha value is -2.34. The van der Waals surface area contributed by atoms with Gasteiger partial charge in [0.25, 0.3) is 10.2 Å². The lowest BCUT2D eigenvalue weighted by Crippen LogP contribution is -2.51. The highest BCUT2D eigenvalue weighted by molar-refractivity contribution is 7.87. The molecule has 2 heterocycles. The summed E-state index contributed by atoms with van der Waals surface area (Å²) in [5.74, 6) is -0.402. The Morgan fingerprint density at radius 3 is 2.53 bits per heavy atom. The molecule has 4 rings (SSSR count). The Labute approximate surface area is 210 Å². The third-order valence-corrected chi connectivity index (χ3v) is 8.86. The molecule has 1 unspecified atom stereocenters. The molecule has 0 spiro atoms. The van der Waals surface area contributed by atoms with Crippen molar-refractivity contribution < 1.29 is 21.9 Å². The van der Waals surface area contributed by atoms with Crippen LogP contribution in [0, 0.1) is 11.6 Å². The number of H-pyrrole nitrogens is 1. The number of hydrogen-bond donors (Lipinski definition) is 2. The number of hydrogen-bond acceptors (Lipinski definition) is 5. The van der Waals surface area contributed by atoms with Crippen LogP contribution in [0.1, 0.15) is 50.5 Å². The summed E-state index contributed by atoms with van der Waals surface area (Å²) >= 11 is 0. The summed E-state index contributed by atoms with van der Waals surface area (Å²) in [7, 11) is -0.791. The molecule has 8 nitrogen and oxygen atoms in total. The Morgan fingerprint density at radius 2 is 1.89 bits per heavy atom. The molecule has 1 aromatic heterocycles. The Bertz CT molecular complexity index is 1210. The van der Waals surface area contributed by atoms with Gasteiger partial charge in [-0.25, -0.2) is 8.78 Å². The van der Waals surface area contributed by atoms with Crippen molar-refractivity contribution in [2.45, 2.75) is 69.2 Å². The van der Waals surface area contributed by atoms with Gasteiger partial charge >= 0.3 is 0 Å². The van der Waals surface area contributed by atoms with E-state index in [1.54, 1.807) is 12.1 Å². The SMILES string of the molecule is CC1C[C@H](NS(=O)(=O)N(C)C)[C@H](COC2CCC(c3cccc(F)c3)CC2)N1c1cc(=O)c(F)c[nH]1. The monoisotopic (exact) mass is 524 g/mol. The van der Waals surface area contributed by atoms with Gasteiger partial charge in [-0.2, -0.15) is 17.4 Å². The van der Waals surface area contributed by atoms with Gasteiger partial charge in [-0.1, -0.05) is 12.1 Å². The number of rotatable bonds is 8. The van der Waals surface area contributed by atoms with Crippen LogP contribution in [0.15, 0.2) is 41.3 Å². The van der Waals surface area contributed by atoms with Crippen LogP contribution in [0.5, 0.6) is 0 Å². The van der Waals surface area contributed by atoms with Gasteiger partial charge in [-0.15, -0.1) is 0 Å². The third-order valence-electron chi connectivity index (χ3n) is 7.30. The zero-order chi connectivity index (χ0) is 26.0. The van der Waals surface area contributed by atoms with Gasteiger partial charge in [0.15, 0.2) is 5.82 Å². The van der Waals surface area contributed by atoms with E-state index in [0.29, 0.717) is 12.2 Å². The molecule has 1 aliphatic heterocycles. The van der Waals surface area contributed by atoms with Crippen molar-refractivity contribution >= 4 is 16.0 Å². The summed E-state index contributed by atoms with van der Waals surface area (Å²) in [4.78, 5) is 16.7. The third kappa shape index (κ3) is 5.96. The minimum atomic E-state index is -3.70. The first kappa shape index (κ1) is 26.7. The van der Waals surface area contributed by atoms with Gasteiger partial charge in [-0.05, 0) is 62.6 Å². The van der Waals surface area contributed by atoms with Gasteiger partial charge < -0.3 is 14.6 Å². The van der Waals surface area contributed by atoms with Crippen LogP contribution < -0.4 is 15.1 Å². The number of halogens is 2. The van der Waals surface area contributed by atoms with Crippen LogP contribution >= 0.6 is 0 Å². The van der Waals surface area contributed by atoms with Gasteiger partial charge in [0.05, 0.1) is 18.8 Å². The molecule has 36 heavy (non-hydrogen) atoms. The smallest absolute Gasteiger partial charge is 0.279 e. The Morgan fingerprint density at radius 1 is 1.17 bits per heavy atom. The summed E-state index contributed by atoms with van der Waals surface area (Å²) in [6.07, 6.45) is 4.88. The second kappa shape index (κ2) is 11.0. The van der Waals surface area contributed by atoms with Crippen molar-refractivity contribution in [3.05, 3.63) is 63.9 Å². The van der Waals surface area contributed by atoms with Crippen molar-refractivity contribution in [1.29, 1.82) is 0 Å². The minimum Gasteiger partial charge on any atom is -0.376 e. The molecule has 0 bridgehead atoms. The molecule has 11 heteroatoms. The van der Waals surface area contributed by atoms with Gasteiger partial charge in [0, 0.05) is 38.4 Å². The van der Waals surface area contributed by atoms with Crippen LogP contribution in [0.2, 0.25) is 0 Å². The molecule has 2 fully saturated rings. The van der Waals surface area contributed by atoms with E-state index in [1.807, 2.05) is 17.9 Å². The van der Waals surface area contributed by atoms with Crippen LogP contribution in [-0.2, 0) is 14.9 Å². The topological polar surface area (TPSA) is 94.7 Å². The number of nitrogens with zero attached hydrogens (tertiary/aromatic N) is 2. The summed E-state index contributed by atoms with van der Waals surface area (Å²) < 4.78 is 62.6. The van der Waals surface area contributed by atoms with Crippen molar-refractivity contribution in [1.82, 2.24) is 14.0 Å². The van der Waals surface area contributed by atoms with Crippen LogP contribution in [0.25, 0.3) is 0 Å². The molecule has 2 N–H and O–H groups in total. The second-order valence-electron chi connectivity index (χ2n) is 9.96. The Kier molecular flexibility index (Phi) is 8.13. The van der Waals surface area contributed by atoms with Gasteiger partial charge in [-0.3, -0.25) is 4.79 Å². The number of nitrogens with one attached hydrogen (secondary N) is 2. The quantitative estimate of drug-likeness (QED) is 0.554. The van der Waals surface area contributed by atoms with Crippen molar-refractivity contribution in [3.63, 3.8) is 0 Å². The highest BCUT2D eigenvalue weighted by atomic mass is 32.2. The van der Waals surface area contributed by atoms with Gasteiger partial charge in [0.1, 0.15) is 11.6 Å². The highest BCUT2D eigenvalue weighted by Gasteiger charge is 2.42. The molecule has 1 saturated heterocycles. The highest BCUT2D eigenvalue weighted by Crippen LogP contribution is 2.35. The van der Waals surface area contributed by atoms with Crippen molar-refractivity contribution in [3.8, 4) is 0 Å². The van der Waals surface area contributed by atoms with E-state index in [4.69, 9.17) is 4.74 Å². The molecule has 2 aromatic rings. The maximum atomic E-state index is 13.6. The maximum absolute atomic E-state index is 13.6. The second-order valence-corrected chi connectivity index (χ2v) is 11.9. The summed E-state index contributed by atoms with van der Waals surface area (Å²) in [6.45, 7) is 2.17. The molecule has 0 radical (unpaired) electrons. The molecular formula is C25H34F2N4O4S. The zero-order valence-electron chi connectivity index (χ0n) is 20.8. The van der Waals surface area contributed by atoms with Crippen molar-refractivity contribution in [2.24, 2.45) is 0 Å². The molecule has 1 aliphatic carbocycles. The fourth-order valence-corrected chi connectivity index (χ4v) is 6.19. The standard InChI is InChI=1S/C25H34F2N4O4S/c1-16-11-22(29-36(33,34)30(2)3)23(31(16)25-13-24(32)21(27)14-28-25)15-35-20-9-7-17(8-10-20)18-5-4-6-19(26)12-18/h4-6,12-14,16-17,20,22-23,29H,7-11,15H2,1-3H3,(H,28,32)/t16?,17?,20?,22-,23-/m0/s1. The molecule has 0 amide bonds. The summed E-state index contributed by atoms with van der Waals surface area (Å²) in [5.41, 5.74) is 0.270. The van der Waals surface area contributed by atoms with E-state index in [0.717, 1.165) is 41.7 Å². The molecular weight excluding hydrogens is 490 g/mol. The van der Waals surface area contributed by atoms with Crippen LogP contribution in [0.3, 0.4) is 0 Å². The molecule has 1 aromatic carbocycles. The normalized spacial score (nSPS) is 27.1. The number of benzene rings is 1. The molecule has 3 atom stereocenters. The van der Waals surface area contributed by atoms with E-state index in [9.17, 15) is 22.0 Å². The van der Waals surface area contributed by atoms with Gasteiger partial charge in [0.2, 0.25) is 5.43 Å². The Balaban J connectivity index is 1.47. The first-order valence-electron chi connectivity index (χ1n) is 12.3. The number of aromatic nitrogens is 1. The largest absolute Gasteiger partial charge is 0.376 e. The summed E-state index contributed by atoms with van der Waals surface area (Å²) in [5, 5.41) is 0. The van der Waals surface area contributed by atoms with E-state index in [-0.39, 0.29) is 30.5 Å². The number of anilines is 1. The first-order chi connectivity index (χ1) is 17.0. The predicted octanol–water partition coefficient (Wildman–Crippen LogP) is 3.13. The average Bonchev–Trinajstić information content (AvgIpc) is 3.13. The lowest BCUT2D eigenvalue weighted by atomic mass is 9.82. The lowest BCUT2D eigenvalue weighted by molar-refractivity contribution is 0.0154. The number of pyridine rings is 1. The molecule has 198 valence electrons. The zero-order valence-corrected chi connectivity index (χ0v) is 21.6. The van der Waals surface area contributed by atoms with E-state index in [1.165, 1.54) is 26.2 Å². The maximum Gasteiger partial charge on any atom is 0.279 e. The predicted molar refractivity (Wildman–Crippen MR) is 134 cm³/mol. The summed E-state index contributed by atoms with van der Waals surface area (Å²) in [6, 6.07) is 6.93. The first-order valence-corrected chi connectivity index (χ1v) is 13.7. The number of ether oxygens (including phenoxy) is 1. The van der Waals surface area contributed by atoms with Crippen molar-refractivity contribution in [2.75, 3.05) is 25.6 Å². The van der Waals surface area contributed by atoms with E-state index >= 15 is 0 Å². The van der Waals surface area contributed by atoms with E-state index < -0.39 is 33.5 Å². The fourth-order valence-electron chi connectivity index (χ4n) is 5.35. The molecule has 1 saturated carbocycles. The van der Waals surface area contributed by atoms with Crippen LogP contribution in [0.4, 0.5) is 14.6 Å². The van der Waals surface area contributed by atoms with E-state index in [2.05, 4.69) is 9.71 Å². The number of aromatic amines is 1. The average molecular weight is 525 g/mol. The lowest BCUT2D eigenvalue weighted by Gasteiger charge is -2.35. The minimum absolute atomic E-state index is 0.00839. The molecule has 2 aliphatic rings. The van der Waals surface area contributed by atoms with Crippen LogP contribution in [-0.4, -0.2) is 62.6 Å².